The molecule has 1 amide bonds. The molecular formula is C15H20N2O. The number of rotatable bonds is 2. The fourth-order valence-electron chi connectivity index (χ4n) is 3.31. The van der Waals surface area contributed by atoms with Crippen molar-refractivity contribution in [2.45, 2.75) is 50.6 Å². The maximum atomic E-state index is 11.5. The SMILES string of the molecule is CCC(=O)NC1CC[C@H]2c3ccccc3N[C@H]2C1. The predicted molar refractivity (Wildman–Crippen MR) is 72.7 cm³/mol. The summed E-state index contributed by atoms with van der Waals surface area (Å²) >= 11 is 0. The van der Waals surface area contributed by atoms with Gasteiger partial charge < -0.3 is 10.6 Å². The number of nitrogens with one attached hydrogen (secondary N) is 2. The van der Waals surface area contributed by atoms with Gasteiger partial charge in [0.05, 0.1) is 0 Å². The van der Waals surface area contributed by atoms with E-state index in [1.54, 1.807) is 0 Å². The van der Waals surface area contributed by atoms with Crippen molar-refractivity contribution >= 4 is 11.6 Å². The third-order valence-corrected chi connectivity index (χ3v) is 4.24. The van der Waals surface area contributed by atoms with Gasteiger partial charge in [0.25, 0.3) is 0 Å². The average molecular weight is 244 g/mol. The molecule has 0 spiro atoms. The third kappa shape index (κ3) is 1.98. The summed E-state index contributed by atoms with van der Waals surface area (Å²) in [6.45, 7) is 1.91. The number of carbonyl (C=O) groups excluding carboxylic acids is 1. The van der Waals surface area contributed by atoms with Crippen molar-refractivity contribution in [3.63, 3.8) is 0 Å². The van der Waals surface area contributed by atoms with E-state index in [9.17, 15) is 4.79 Å². The minimum atomic E-state index is 0.175. The molecular weight excluding hydrogens is 224 g/mol. The minimum absolute atomic E-state index is 0.175. The van der Waals surface area contributed by atoms with Crippen molar-refractivity contribution in [1.29, 1.82) is 0 Å². The molecule has 1 unspecified atom stereocenters. The molecule has 2 N–H and O–H groups in total. The number of amides is 1. The van der Waals surface area contributed by atoms with Crippen LogP contribution in [0.2, 0.25) is 0 Å². The highest BCUT2D eigenvalue weighted by Crippen LogP contribution is 2.43. The first kappa shape index (κ1) is 11.6. The molecule has 3 rings (SSSR count). The fraction of sp³-hybridized carbons (Fsp3) is 0.533. The molecule has 18 heavy (non-hydrogen) atoms. The number of carbonyl (C=O) groups is 1. The lowest BCUT2D eigenvalue weighted by molar-refractivity contribution is -0.121. The highest BCUT2D eigenvalue weighted by atomic mass is 16.1. The molecule has 1 aromatic carbocycles. The monoisotopic (exact) mass is 244 g/mol. The van der Waals surface area contributed by atoms with Crippen molar-refractivity contribution in [3.8, 4) is 0 Å². The fourth-order valence-corrected chi connectivity index (χ4v) is 3.31. The Morgan fingerprint density at radius 3 is 3.06 bits per heavy atom. The van der Waals surface area contributed by atoms with Gasteiger partial charge in [-0.25, -0.2) is 0 Å². The maximum absolute atomic E-state index is 11.5. The molecule has 2 aliphatic rings. The van der Waals surface area contributed by atoms with Crippen LogP contribution in [-0.4, -0.2) is 18.0 Å². The van der Waals surface area contributed by atoms with Gasteiger partial charge in [-0.1, -0.05) is 25.1 Å². The van der Waals surface area contributed by atoms with E-state index < -0.39 is 0 Å². The summed E-state index contributed by atoms with van der Waals surface area (Å²) < 4.78 is 0. The summed E-state index contributed by atoms with van der Waals surface area (Å²) in [5, 5.41) is 6.74. The van der Waals surface area contributed by atoms with E-state index in [1.165, 1.54) is 17.7 Å². The second kappa shape index (κ2) is 4.63. The quantitative estimate of drug-likeness (QED) is 0.839. The third-order valence-electron chi connectivity index (χ3n) is 4.24. The first-order valence-corrected chi connectivity index (χ1v) is 6.92. The molecule has 1 fully saturated rings. The number of benzene rings is 1. The molecule has 1 aliphatic heterocycles. The molecule has 1 aliphatic carbocycles. The highest BCUT2D eigenvalue weighted by molar-refractivity contribution is 5.75. The van der Waals surface area contributed by atoms with Crippen LogP contribution in [-0.2, 0) is 4.79 Å². The van der Waals surface area contributed by atoms with Gasteiger partial charge >= 0.3 is 0 Å². The predicted octanol–water partition coefficient (Wildman–Crippen LogP) is 2.64. The number of anilines is 1. The largest absolute Gasteiger partial charge is 0.381 e. The standard InChI is InChI=1S/C15H20N2O/c1-2-15(18)16-10-7-8-12-11-5-3-4-6-13(11)17-14(12)9-10/h3-6,10,12,14,17H,2,7-9H2,1H3,(H,16,18)/t10?,12-,14-/m0/s1. The molecule has 3 atom stereocenters. The van der Waals surface area contributed by atoms with Gasteiger partial charge in [-0.15, -0.1) is 0 Å². The van der Waals surface area contributed by atoms with Crippen molar-refractivity contribution in [1.82, 2.24) is 5.32 Å². The summed E-state index contributed by atoms with van der Waals surface area (Å²) in [5.74, 6) is 0.810. The van der Waals surface area contributed by atoms with Crippen LogP contribution in [0.5, 0.6) is 0 Å². The molecule has 0 bridgehead atoms. The second-order valence-electron chi connectivity index (χ2n) is 5.38. The summed E-state index contributed by atoms with van der Waals surface area (Å²) in [7, 11) is 0. The van der Waals surface area contributed by atoms with Crippen LogP contribution in [0, 0.1) is 0 Å². The molecule has 1 aromatic rings. The molecule has 1 heterocycles. The van der Waals surface area contributed by atoms with Gasteiger partial charge in [0.2, 0.25) is 5.91 Å². The molecule has 3 nitrogen and oxygen atoms in total. The Bertz CT molecular complexity index is 458. The summed E-state index contributed by atoms with van der Waals surface area (Å²) in [6, 6.07) is 9.44. The van der Waals surface area contributed by atoms with E-state index in [-0.39, 0.29) is 5.91 Å². The Hall–Kier alpha value is -1.51. The van der Waals surface area contributed by atoms with Gasteiger partial charge in [0, 0.05) is 30.1 Å². The van der Waals surface area contributed by atoms with E-state index in [4.69, 9.17) is 0 Å². The smallest absolute Gasteiger partial charge is 0.219 e. The van der Waals surface area contributed by atoms with E-state index in [0.717, 1.165) is 12.8 Å². The lowest BCUT2D eigenvalue weighted by Crippen LogP contribution is -2.42. The van der Waals surface area contributed by atoms with Crippen LogP contribution in [0.1, 0.15) is 44.1 Å². The van der Waals surface area contributed by atoms with Crippen LogP contribution >= 0.6 is 0 Å². The first-order valence-electron chi connectivity index (χ1n) is 6.92. The number of hydrogen-bond acceptors (Lipinski definition) is 2. The topological polar surface area (TPSA) is 41.1 Å². The minimum Gasteiger partial charge on any atom is -0.381 e. The zero-order chi connectivity index (χ0) is 12.5. The molecule has 0 aromatic heterocycles. The Balaban J connectivity index is 1.69. The van der Waals surface area contributed by atoms with Gasteiger partial charge in [0.15, 0.2) is 0 Å². The molecule has 96 valence electrons. The van der Waals surface area contributed by atoms with Gasteiger partial charge in [-0.3, -0.25) is 4.79 Å². The van der Waals surface area contributed by atoms with Crippen LogP contribution in [0.4, 0.5) is 5.69 Å². The Morgan fingerprint density at radius 1 is 1.39 bits per heavy atom. The van der Waals surface area contributed by atoms with Crippen LogP contribution in [0.25, 0.3) is 0 Å². The Labute approximate surface area is 108 Å². The molecule has 0 saturated heterocycles. The van der Waals surface area contributed by atoms with Gasteiger partial charge in [-0.2, -0.15) is 0 Å². The summed E-state index contributed by atoms with van der Waals surface area (Å²) in [6.07, 6.45) is 3.90. The number of hydrogen-bond donors (Lipinski definition) is 2. The molecule has 1 saturated carbocycles. The zero-order valence-electron chi connectivity index (χ0n) is 10.8. The lowest BCUT2D eigenvalue weighted by atomic mass is 9.80. The maximum Gasteiger partial charge on any atom is 0.219 e. The highest BCUT2D eigenvalue weighted by Gasteiger charge is 2.37. The van der Waals surface area contributed by atoms with E-state index in [2.05, 4.69) is 34.9 Å². The van der Waals surface area contributed by atoms with Gasteiger partial charge in [-0.05, 0) is 30.9 Å². The average Bonchev–Trinajstić information content (AvgIpc) is 2.76. The van der Waals surface area contributed by atoms with E-state index in [1.807, 2.05) is 6.92 Å². The second-order valence-corrected chi connectivity index (χ2v) is 5.38. The van der Waals surface area contributed by atoms with Crippen molar-refractivity contribution < 1.29 is 4.79 Å². The van der Waals surface area contributed by atoms with E-state index >= 15 is 0 Å². The van der Waals surface area contributed by atoms with E-state index in [0.29, 0.717) is 24.4 Å². The van der Waals surface area contributed by atoms with Crippen molar-refractivity contribution in [2.24, 2.45) is 0 Å². The Kier molecular flexibility index (Phi) is 2.98. The van der Waals surface area contributed by atoms with Crippen LogP contribution in [0.15, 0.2) is 24.3 Å². The van der Waals surface area contributed by atoms with Gasteiger partial charge in [0.1, 0.15) is 0 Å². The van der Waals surface area contributed by atoms with Crippen molar-refractivity contribution in [3.05, 3.63) is 29.8 Å². The number of fused-ring (bicyclic) bond motifs is 3. The molecule has 3 heteroatoms. The van der Waals surface area contributed by atoms with Crippen molar-refractivity contribution in [2.75, 3.05) is 5.32 Å². The zero-order valence-corrected chi connectivity index (χ0v) is 10.8. The lowest BCUT2D eigenvalue weighted by Gasteiger charge is -2.32. The summed E-state index contributed by atoms with van der Waals surface area (Å²) in [5.41, 5.74) is 2.75. The number of para-hydroxylation sites is 1. The first-order chi connectivity index (χ1) is 8.78. The normalized spacial score (nSPS) is 29.1. The van der Waals surface area contributed by atoms with Crippen LogP contribution < -0.4 is 10.6 Å². The Morgan fingerprint density at radius 2 is 2.22 bits per heavy atom. The summed E-state index contributed by atoms with van der Waals surface area (Å²) in [4.78, 5) is 11.5. The molecule has 0 radical (unpaired) electrons. The van der Waals surface area contributed by atoms with Crippen LogP contribution in [0.3, 0.4) is 0 Å².